The molecule has 88 valence electrons. The fourth-order valence-electron chi connectivity index (χ4n) is 1.72. The van der Waals surface area contributed by atoms with Gasteiger partial charge in [-0.1, -0.05) is 18.2 Å². The Morgan fingerprint density at radius 1 is 1.12 bits per heavy atom. The summed E-state index contributed by atoms with van der Waals surface area (Å²) < 4.78 is 0. The van der Waals surface area contributed by atoms with Crippen LogP contribution in [0.2, 0.25) is 0 Å². The van der Waals surface area contributed by atoms with Crippen LogP contribution in [0.4, 0.5) is 17.3 Å². The number of pyridine rings is 1. The lowest BCUT2D eigenvalue weighted by atomic mass is 10.2. The van der Waals surface area contributed by atoms with Gasteiger partial charge >= 0.3 is 0 Å². The Kier molecular flexibility index (Phi) is 3.28. The number of rotatable bonds is 3. The van der Waals surface area contributed by atoms with Crippen LogP contribution in [0.1, 0.15) is 5.56 Å². The molecule has 3 nitrogen and oxygen atoms in total. The maximum absolute atomic E-state index is 4.51. The summed E-state index contributed by atoms with van der Waals surface area (Å²) in [6.07, 6.45) is 0. The van der Waals surface area contributed by atoms with Crippen LogP contribution in [-0.4, -0.2) is 19.1 Å². The van der Waals surface area contributed by atoms with Gasteiger partial charge in [-0.05, 0) is 36.8 Å². The lowest BCUT2D eigenvalue weighted by molar-refractivity contribution is 1.12. The lowest BCUT2D eigenvalue weighted by Gasteiger charge is -2.19. The molecule has 0 atom stereocenters. The molecule has 0 bridgehead atoms. The highest BCUT2D eigenvalue weighted by Crippen LogP contribution is 2.23. The van der Waals surface area contributed by atoms with Gasteiger partial charge in [-0.25, -0.2) is 4.98 Å². The average molecular weight is 227 g/mol. The van der Waals surface area contributed by atoms with E-state index in [1.165, 1.54) is 5.56 Å². The Morgan fingerprint density at radius 3 is 2.59 bits per heavy atom. The quantitative estimate of drug-likeness (QED) is 0.872. The van der Waals surface area contributed by atoms with Gasteiger partial charge in [-0.15, -0.1) is 0 Å². The van der Waals surface area contributed by atoms with Crippen LogP contribution in [0.5, 0.6) is 0 Å². The zero-order valence-electron chi connectivity index (χ0n) is 10.4. The van der Waals surface area contributed by atoms with E-state index < -0.39 is 0 Å². The zero-order chi connectivity index (χ0) is 12.3. The summed E-state index contributed by atoms with van der Waals surface area (Å²) in [4.78, 5) is 6.59. The minimum absolute atomic E-state index is 0.877. The molecule has 17 heavy (non-hydrogen) atoms. The summed E-state index contributed by atoms with van der Waals surface area (Å²) >= 11 is 0. The molecule has 0 aliphatic heterocycles. The highest BCUT2D eigenvalue weighted by atomic mass is 15.2. The van der Waals surface area contributed by atoms with Gasteiger partial charge in [0.25, 0.3) is 0 Å². The third kappa shape index (κ3) is 2.56. The van der Waals surface area contributed by atoms with E-state index in [0.29, 0.717) is 0 Å². The second-order valence-corrected chi connectivity index (χ2v) is 4.03. The molecule has 0 aliphatic rings. The van der Waals surface area contributed by atoms with Crippen molar-refractivity contribution in [1.29, 1.82) is 0 Å². The van der Waals surface area contributed by atoms with Gasteiger partial charge in [-0.2, -0.15) is 0 Å². The van der Waals surface area contributed by atoms with E-state index >= 15 is 0 Å². The van der Waals surface area contributed by atoms with Crippen LogP contribution < -0.4 is 10.2 Å². The van der Waals surface area contributed by atoms with Crippen LogP contribution in [0.25, 0.3) is 0 Å². The molecular weight excluding hydrogens is 210 g/mol. The van der Waals surface area contributed by atoms with Crippen molar-refractivity contribution in [2.24, 2.45) is 0 Å². The van der Waals surface area contributed by atoms with Gasteiger partial charge < -0.3 is 10.2 Å². The van der Waals surface area contributed by atoms with Gasteiger partial charge in [0, 0.05) is 19.8 Å². The predicted molar refractivity (Wildman–Crippen MR) is 73.0 cm³/mol. The Bertz CT molecular complexity index is 508. The highest BCUT2D eigenvalue weighted by Gasteiger charge is 2.05. The van der Waals surface area contributed by atoms with Crippen LogP contribution in [0.15, 0.2) is 42.5 Å². The molecule has 2 rings (SSSR count). The number of aryl methyl sites for hydroxylation is 1. The zero-order valence-corrected chi connectivity index (χ0v) is 10.4. The third-order valence-electron chi connectivity index (χ3n) is 2.72. The molecule has 0 aliphatic carbocycles. The van der Waals surface area contributed by atoms with Crippen molar-refractivity contribution < 1.29 is 0 Å². The van der Waals surface area contributed by atoms with Gasteiger partial charge in [0.2, 0.25) is 0 Å². The average Bonchev–Trinajstić information content (AvgIpc) is 2.38. The molecule has 0 amide bonds. The summed E-state index contributed by atoms with van der Waals surface area (Å²) in [6.45, 7) is 2.09. The van der Waals surface area contributed by atoms with Crippen LogP contribution in [0.3, 0.4) is 0 Å². The summed E-state index contributed by atoms with van der Waals surface area (Å²) in [5.74, 6) is 1.81. The Balaban J connectivity index is 2.33. The van der Waals surface area contributed by atoms with Gasteiger partial charge in [0.15, 0.2) is 0 Å². The van der Waals surface area contributed by atoms with E-state index in [0.717, 1.165) is 17.3 Å². The van der Waals surface area contributed by atoms with Gasteiger partial charge in [0.05, 0.1) is 0 Å². The fraction of sp³-hybridized carbons (Fsp3) is 0.214. The van der Waals surface area contributed by atoms with Gasteiger partial charge in [-0.3, -0.25) is 0 Å². The van der Waals surface area contributed by atoms with Crippen molar-refractivity contribution in [3.8, 4) is 0 Å². The largest absolute Gasteiger partial charge is 0.373 e. The molecule has 3 heteroatoms. The van der Waals surface area contributed by atoms with Crippen LogP contribution >= 0.6 is 0 Å². The SMILES string of the molecule is CNc1cccc(N(C)c2cccc(C)c2)n1. The molecule has 0 unspecified atom stereocenters. The normalized spacial score (nSPS) is 10.1. The summed E-state index contributed by atoms with van der Waals surface area (Å²) in [6, 6.07) is 14.3. The second kappa shape index (κ2) is 4.87. The molecule has 1 N–H and O–H groups in total. The minimum atomic E-state index is 0.877. The minimum Gasteiger partial charge on any atom is -0.373 e. The van der Waals surface area contributed by atoms with Crippen LogP contribution in [0, 0.1) is 6.92 Å². The van der Waals surface area contributed by atoms with Crippen molar-refractivity contribution >= 4 is 17.3 Å². The van der Waals surface area contributed by atoms with E-state index in [1.54, 1.807) is 0 Å². The predicted octanol–water partition coefficient (Wildman–Crippen LogP) is 3.20. The first-order valence-electron chi connectivity index (χ1n) is 5.66. The third-order valence-corrected chi connectivity index (χ3v) is 2.72. The molecule has 2 aromatic rings. The van der Waals surface area contributed by atoms with E-state index in [-0.39, 0.29) is 0 Å². The van der Waals surface area contributed by atoms with Crippen LogP contribution in [-0.2, 0) is 0 Å². The molecule has 0 radical (unpaired) electrons. The first-order valence-corrected chi connectivity index (χ1v) is 5.66. The molecular formula is C14H17N3. The maximum Gasteiger partial charge on any atom is 0.135 e. The number of anilines is 3. The number of nitrogens with zero attached hydrogens (tertiary/aromatic N) is 2. The van der Waals surface area contributed by atoms with Crippen molar-refractivity contribution in [3.63, 3.8) is 0 Å². The van der Waals surface area contributed by atoms with Crippen molar-refractivity contribution in [1.82, 2.24) is 4.98 Å². The first-order chi connectivity index (χ1) is 8.20. The van der Waals surface area contributed by atoms with Crippen molar-refractivity contribution in [2.75, 3.05) is 24.3 Å². The topological polar surface area (TPSA) is 28.2 Å². The standard InChI is InChI=1S/C14H17N3/c1-11-6-4-7-12(10-11)17(3)14-9-5-8-13(15-2)16-14/h4-10H,1-3H3,(H,15,16). The molecule has 0 fully saturated rings. The molecule has 0 saturated heterocycles. The van der Waals surface area contributed by atoms with E-state index in [4.69, 9.17) is 0 Å². The number of benzene rings is 1. The molecule has 1 heterocycles. The molecule has 1 aromatic carbocycles. The monoisotopic (exact) mass is 227 g/mol. The maximum atomic E-state index is 4.51. The fourth-order valence-corrected chi connectivity index (χ4v) is 1.72. The Hall–Kier alpha value is -2.03. The van der Waals surface area contributed by atoms with Crippen molar-refractivity contribution in [3.05, 3.63) is 48.0 Å². The highest BCUT2D eigenvalue weighted by molar-refractivity contribution is 5.61. The summed E-state index contributed by atoms with van der Waals surface area (Å²) in [7, 11) is 3.90. The summed E-state index contributed by atoms with van der Waals surface area (Å²) in [5, 5.41) is 3.05. The number of aromatic nitrogens is 1. The number of nitrogens with one attached hydrogen (secondary N) is 1. The molecule has 1 aromatic heterocycles. The van der Waals surface area contributed by atoms with E-state index in [2.05, 4.69) is 46.4 Å². The first kappa shape index (κ1) is 11.5. The van der Waals surface area contributed by atoms with Crippen molar-refractivity contribution in [2.45, 2.75) is 6.92 Å². The second-order valence-electron chi connectivity index (χ2n) is 4.03. The van der Waals surface area contributed by atoms with E-state index in [1.807, 2.05) is 32.3 Å². The number of hydrogen-bond acceptors (Lipinski definition) is 3. The molecule has 0 spiro atoms. The smallest absolute Gasteiger partial charge is 0.135 e. The molecule has 0 saturated carbocycles. The Morgan fingerprint density at radius 2 is 1.88 bits per heavy atom. The van der Waals surface area contributed by atoms with Gasteiger partial charge in [0.1, 0.15) is 11.6 Å². The lowest BCUT2D eigenvalue weighted by Crippen LogP contribution is -2.11. The summed E-state index contributed by atoms with van der Waals surface area (Å²) in [5.41, 5.74) is 2.39. The Labute approximate surface area is 102 Å². The number of hydrogen-bond donors (Lipinski definition) is 1. The van der Waals surface area contributed by atoms with E-state index in [9.17, 15) is 0 Å².